The van der Waals surface area contributed by atoms with Crippen LogP contribution in [0.25, 0.3) is 0 Å². The van der Waals surface area contributed by atoms with E-state index in [-0.39, 0.29) is 11.9 Å². The first-order chi connectivity index (χ1) is 6.83. The molecule has 4 nitrogen and oxygen atoms in total. The Hall–Kier alpha value is -0.130. The molecule has 1 atom stereocenters. The fraction of sp³-hybridized carbons (Fsp3) is 1.00. The summed E-state index contributed by atoms with van der Waals surface area (Å²) in [5, 5.41) is 3.03. The van der Waals surface area contributed by atoms with Gasteiger partial charge >= 0.3 is 0 Å². The molecule has 15 heavy (non-hydrogen) atoms. The summed E-state index contributed by atoms with van der Waals surface area (Å²) in [4.78, 5) is 0. The number of hydrogen-bond donors (Lipinski definition) is 1. The summed E-state index contributed by atoms with van der Waals surface area (Å²) in [6.45, 7) is 8.10. The molecule has 0 bridgehead atoms. The molecule has 0 saturated carbocycles. The van der Waals surface area contributed by atoms with Gasteiger partial charge in [-0.25, -0.2) is 8.42 Å². The molecule has 0 radical (unpaired) electrons. The van der Waals surface area contributed by atoms with E-state index in [1.807, 2.05) is 6.92 Å². The standard InChI is InChI=1S/C10H23NO3S/c1-9(2)10(3)14-7-5-11-6-8-15(4,12)13/h9-11H,5-8H2,1-4H3. The van der Waals surface area contributed by atoms with E-state index in [4.69, 9.17) is 4.74 Å². The Morgan fingerprint density at radius 1 is 1.20 bits per heavy atom. The second-order valence-corrected chi connectivity index (χ2v) is 6.46. The van der Waals surface area contributed by atoms with Crippen LogP contribution in [-0.4, -0.2) is 46.2 Å². The van der Waals surface area contributed by atoms with Gasteiger partial charge in [-0.05, 0) is 12.8 Å². The molecule has 5 heteroatoms. The van der Waals surface area contributed by atoms with E-state index in [0.717, 1.165) is 0 Å². The molecule has 0 aromatic carbocycles. The number of nitrogens with one attached hydrogen (secondary N) is 1. The van der Waals surface area contributed by atoms with Crippen LogP contribution in [0.3, 0.4) is 0 Å². The molecule has 0 fully saturated rings. The lowest BCUT2D eigenvalue weighted by Crippen LogP contribution is -2.28. The Kier molecular flexibility index (Phi) is 7.13. The first-order valence-electron chi connectivity index (χ1n) is 5.33. The third-order valence-corrected chi connectivity index (χ3v) is 3.19. The molecule has 1 unspecified atom stereocenters. The predicted octanol–water partition coefficient (Wildman–Crippen LogP) is 0.682. The molecule has 0 aromatic rings. The topological polar surface area (TPSA) is 55.4 Å². The van der Waals surface area contributed by atoms with Gasteiger partial charge in [0.25, 0.3) is 0 Å². The lowest BCUT2D eigenvalue weighted by Gasteiger charge is -2.16. The maximum Gasteiger partial charge on any atom is 0.148 e. The van der Waals surface area contributed by atoms with E-state index in [9.17, 15) is 8.42 Å². The Balaban J connectivity index is 3.33. The third-order valence-electron chi connectivity index (χ3n) is 2.25. The fourth-order valence-electron chi connectivity index (χ4n) is 0.892. The minimum absolute atomic E-state index is 0.187. The Labute approximate surface area is 93.3 Å². The van der Waals surface area contributed by atoms with Crippen molar-refractivity contribution < 1.29 is 13.2 Å². The van der Waals surface area contributed by atoms with Gasteiger partial charge in [-0.3, -0.25) is 0 Å². The van der Waals surface area contributed by atoms with Gasteiger partial charge in [0.2, 0.25) is 0 Å². The van der Waals surface area contributed by atoms with Crippen molar-refractivity contribution in [2.45, 2.75) is 26.9 Å². The van der Waals surface area contributed by atoms with Crippen molar-refractivity contribution in [1.82, 2.24) is 5.32 Å². The first-order valence-corrected chi connectivity index (χ1v) is 7.39. The highest BCUT2D eigenvalue weighted by molar-refractivity contribution is 7.90. The van der Waals surface area contributed by atoms with Crippen LogP contribution in [0.5, 0.6) is 0 Å². The highest BCUT2D eigenvalue weighted by Gasteiger charge is 2.06. The summed E-state index contributed by atoms with van der Waals surface area (Å²) in [6, 6.07) is 0. The number of hydrogen-bond acceptors (Lipinski definition) is 4. The highest BCUT2D eigenvalue weighted by atomic mass is 32.2. The molecule has 0 spiro atoms. The normalized spacial score (nSPS) is 14.5. The second kappa shape index (κ2) is 7.19. The van der Waals surface area contributed by atoms with Crippen LogP contribution in [0.2, 0.25) is 0 Å². The molecule has 1 N–H and O–H groups in total. The van der Waals surface area contributed by atoms with Crippen molar-refractivity contribution in [2.24, 2.45) is 5.92 Å². The zero-order valence-corrected chi connectivity index (χ0v) is 10.9. The SMILES string of the molecule is CC(C)C(C)OCCNCCS(C)(=O)=O. The summed E-state index contributed by atoms with van der Waals surface area (Å²) in [7, 11) is -2.84. The molecule has 0 aliphatic heterocycles. The Bertz CT molecular complexity index is 249. The summed E-state index contributed by atoms with van der Waals surface area (Å²) in [5.41, 5.74) is 0. The monoisotopic (exact) mass is 237 g/mol. The van der Waals surface area contributed by atoms with E-state index in [0.29, 0.717) is 25.6 Å². The van der Waals surface area contributed by atoms with Crippen LogP contribution in [0, 0.1) is 5.92 Å². The van der Waals surface area contributed by atoms with Crippen LogP contribution in [0.4, 0.5) is 0 Å². The summed E-state index contributed by atoms with van der Waals surface area (Å²) >= 11 is 0. The second-order valence-electron chi connectivity index (χ2n) is 4.20. The average molecular weight is 237 g/mol. The van der Waals surface area contributed by atoms with Crippen LogP contribution < -0.4 is 5.32 Å². The Morgan fingerprint density at radius 2 is 1.80 bits per heavy atom. The van der Waals surface area contributed by atoms with Crippen molar-refractivity contribution in [3.63, 3.8) is 0 Å². The zero-order valence-electron chi connectivity index (χ0n) is 10.1. The van der Waals surface area contributed by atoms with Crippen molar-refractivity contribution in [3.8, 4) is 0 Å². The fourth-order valence-corrected chi connectivity index (χ4v) is 1.41. The van der Waals surface area contributed by atoms with E-state index in [1.54, 1.807) is 0 Å². The number of rotatable bonds is 8. The van der Waals surface area contributed by atoms with E-state index >= 15 is 0 Å². The quantitative estimate of drug-likeness (QED) is 0.631. The molecule has 92 valence electrons. The van der Waals surface area contributed by atoms with Crippen LogP contribution in [0.15, 0.2) is 0 Å². The molecule has 0 heterocycles. The highest BCUT2D eigenvalue weighted by Crippen LogP contribution is 2.03. The van der Waals surface area contributed by atoms with Crippen molar-refractivity contribution in [3.05, 3.63) is 0 Å². The van der Waals surface area contributed by atoms with E-state index in [1.165, 1.54) is 6.26 Å². The first kappa shape index (κ1) is 14.9. The number of ether oxygens (including phenoxy) is 1. The molecule has 0 aliphatic carbocycles. The van der Waals surface area contributed by atoms with Crippen molar-refractivity contribution in [1.29, 1.82) is 0 Å². The largest absolute Gasteiger partial charge is 0.377 e. The Morgan fingerprint density at radius 3 is 2.27 bits per heavy atom. The molecule has 0 amide bonds. The van der Waals surface area contributed by atoms with Gasteiger partial charge in [-0.2, -0.15) is 0 Å². The lowest BCUT2D eigenvalue weighted by molar-refractivity contribution is 0.0376. The van der Waals surface area contributed by atoms with E-state index in [2.05, 4.69) is 19.2 Å². The van der Waals surface area contributed by atoms with Gasteiger partial charge < -0.3 is 10.1 Å². The summed E-state index contributed by atoms with van der Waals surface area (Å²) < 4.78 is 27.1. The van der Waals surface area contributed by atoms with E-state index < -0.39 is 9.84 Å². The predicted molar refractivity (Wildman–Crippen MR) is 62.8 cm³/mol. The number of sulfone groups is 1. The molecule has 0 aliphatic rings. The van der Waals surface area contributed by atoms with Gasteiger partial charge in [-0.1, -0.05) is 13.8 Å². The molecular weight excluding hydrogens is 214 g/mol. The average Bonchev–Trinajstić information content (AvgIpc) is 2.08. The van der Waals surface area contributed by atoms with Gasteiger partial charge in [0, 0.05) is 19.3 Å². The van der Waals surface area contributed by atoms with Gasteiger partial charge in [0.1, 0.15) is 9.84 Å². The van der Waals surface area contributed by atoms with Crippen molar-refractivity contribution >= 4 is 9.84 Å². The smallest absolute Gasteiger partial charge is 0.148 e. The van der Waals surface area contributed by atoms with Crippen molar-refractivity contribution in [2.75, 3.05) is 31.7 Å². The van der Waals surface area contributed by atoms with Crippen LogP contribution in [-0.2, 0) is 14.6 Å². The third kappa shape index (κ3) is 10.2. The molecule has 0 rings (SSSR count). The molecular formula is C10H23NO3S. The zero-order chi connectivity index (χ0) is 11.9. The minimum Gasteiger partial charge on any atom is -0.377 e. The maximum atomic E-state index is 10.8. The van der Waals surface area contributed by atoms with Gasteiger partial charge in [0.05, 0.1) is 18.5 Å². The van der Waals surface area contributed by atoms with Gasteiger partial charge in [0.15, 0.2) is 0 Å². The molecule has 0 saturated heterocycles. The van der Waals surface area contributed by atoms with Crippen LogP contribution in [0.1, 0.15) is 20.8 Å². The summed E-state index contributed by atoms with van der Waals surface area (Å²) in [5.74, 6) is 0.702. The maximum absolute atomic E-state index is 10.8. The van der Waals surface area contributed by atoms with Gasteiger partial charge in [-0.15, -0.1) is 0 Å². The minimum atomic E-state index is -2.84. The molecule has 0 aromatic heterocycles. The summed E-state index contributed by atoms with van der Waals surface area (Å²) in [6.07, 6.45) is 1.49. The lowest BCUT2D eigenvalue weighted by atomic mass is 10.1. The van der Waals surface area contributed by atoms with Crippen LogP contribution >= 0.6 is 0 Å².